The molecule has 0 aliphatic heterocycles. The van der Waals surface area contributed by atoms with Gasteiger partial charge in [0.25, 0.3) is 0 Å². The zero-order chi connectivity index (χ0) is 11.3. The van der Waals surface area contributed by atoms with E-state index in [1.807, 2.05) is 18.2 Å². The second-order valence-corrected chi connectivity index (χ2v) is 7.14. The molecule has 0 aliphatic carbocycles. The van der Waals surface area contributed by atoms with E-state index < -0.39 is 8.56 Å². The van der Waals surface area contributed by atoms with Crippen LogP contribution in [0.25, 0.3) is 0 Å². The molecule has 0 saturated heterocycles. The van der Waals surface area contributed by atoms with Crippen LogP contribution in [0.2, 0.25) is 6.04 Å². The monoisotopic (exact) mass is 223 g/mol. The normalized spacial score (nSPS) is 12.1. The summed E-state index contributed by atoms with van der Waals surface area (Å²) in [6, 6.07) is 11.1. The van der Waals surface area contributed by atoms with E-state index in [1.165, 1.54) is 5.19 Å². The van der Waals surface area contributed by atoms with Crippen LogP contribution in [0, 0.1) is 12.8 Å². The topological polar surface area (TPSA) is 18.5 Å². The van der Waals surface area contributed by atoms with Crippen LogP contribution >= 0.6 is 0 Å². The lowest BCUT2D eigenvalue weighted by Gasteiger charge is -2.29. The molecule has 1 radical (unpaired) electrons. The van der Waals surface area contributed by atoms with Gasteiger partial charge in [-0.2, -0.15) is 0 Å². The maximum Gasteiger partial charge on any atom is 0.372 e. The molecule has 1 atom stereocenters. The van der Waals surface area contributed by atoms with Gasteiger partial charge in [0, 0.05) is 14.2 Å². The van der Waals surface area contributed by atoms with Crippen LogP contribution in [-0.2, 0) is 8.85 Å². The third-order valence-electron chi connectivity index (χ3n) is 2.49. The van der Waals surface area contributed by atoms with Crippen molar-refractivity contribution in [3.8, 4) is 0 Å². The van der Waals surface area contributed by atoms with E-state index in [9.17, 15) is 0 Å². The van der Waals surface area contributed by atoms with Gasteiger partial charge in [-0.25, -0.2) is 0 Å². The molecular formula is C12H19O2Si. The zero-order valence-corrected chi connectivity index (χ0v) is 10.7. The van der Waals surface area contributed by atoms with Crippen molar-refractivity contribution >= 4 is 13.7 Å². The quantitative estimate of drug-likeness (QED) is 0.712. The molecular weight excluding hydrogens is 204 g/mol. The summed E-state index contributed by atoms with van der Waals surface area (Å²) in [5.41, 5.74) is 0. The Hall–Kier alpha value is -0.643. The summed E-state index contributed by atoms with van der Waals surface area (Å²) < 4.78 is 11.3. The van der Waals surface area contributed by atoms with Crippen LogP contribution in [0.1, 0.15) is 6.92 Å². The maximum atomic E-state index is 5.66. The molecule has 0 saturated carbocycles. The Morgan fingerprint density at radius 2 is 1.73 bits per heavy atom. The van der Waals surface area contributed by atoms with Gasteiger partial charge in [0.1, 0.15) is 0 Å². The van der Waals surface area contributed by atoms with Gasteiger partial charge >= 0.3 is 8.56 Å². The smallest absolute Gasteiger partial charge is 0.372 e. The summed E-state index contributed by atoms with van der Waals surface area (Å²) in [5, 5.41) is 1.17. The Kier molecular flexibility index (Phi) is 4.51. The first-order valence-corrected chi connectivity index (χ1v) is 7.16. The fourth-order valence-corrected chi connectivity index (χ4v) is 4.58. The number of hydrogen-bond donors (Lipinski definition) is 0. The lowest BCUT2D eigenvalue weighted by Crippen LogP contribution is -2.53. The first kappa shape index (κ1) is 12.4. The van der Waals surface area contributed by atoms with E-state index in [0.29, 0.717) is 5.92 Å². The van der Waals surface area contributed by atoms with E-state index in [0.717, 1.165) is 6.04 Å². The highest BCUT2D eigenvalue weighted by Gasteiger charge is 2.38. The van der Waals surface area contributed by atoms with E-state index >= 15 is 0 Å². The van der Waals surface area contributed by atoms with Crippen LogP contribution in [0.4, 0.5) is 0 Å². The van der Waals surface area contributed by atoms with Crippen molar-refractivity contribution in [2.75, 3.05) is 14.2 Å². The predicted octanol–water partition coefficient (Wildman–Crippen LogP) is 2.10. The summed E-state index contributed by atoms with van der Waals surface area (Å²) in [6.07, 6.45) is 0. The molecule has 3 heteroatoms. The van der Waals surface area contributed by atoms with E-state index in [2.05, 4.69) is 26.0 Å². The molecule has 0 aliphatic rings. The van der Waals surface area contributed by atoms with Crippen molar-refractivity contribution in [3.63, 3.8) is 0 Å². The lowest BCUT2D eigenvalue weighted by molar-refractivity contribution is 0.253. The molecule has 2 nitrogen and oxygen atoms in total. The Labute approximate surface area is 93.5 Å². The summed E-state index contributed by atoms with van der Waals surface area (Å²) in [7, 11) is 1.21. The zero-order valence-electron chi connectivity index (χ0n) is 9.69. The molecule has 1 rings (SSSR count). The van der Waals surface area contributed by atoms with Gasteiger partial charge in [-0.15, -0.1) is 0 Å². The first-order valence-electron chi connectivity index (χ1n) is 5.13. The van der Waals surface area contributed by atoms with Gasteiger partial charge in [0.15, 0.2) is 0 Å². The summed E-state index contributed by atoms with van der Waals surface area (Å²) in [5.74, 6) is 0.330. The molecule has 83 valence electrons. The van der Waals surface area contributed by atoms with E-state index in [-0.39, 0.29) is 0 Å². The van der Waals surface area contributed by atoms with E-state index in [1.54, 1.807) is 14.2 Å². The molecule has 0 amide bonds. The molecule has 0 bridgehead atoms. The number of hydrogen-bond acceptors (Lipinski definition) is 2. The summed E-state index contributed by atoms with van der Waals surface area (Å²) in [6.45, 7) is 6.11. The van der Waals surface area contributed by atoms with Gasteiger partial charge in [0.05, 0.1) is 0 Å². The highest BCUT2D eigenvalue weighted by Crippen LogP contribution is 2.17. The standard InChI is InChI=1S/C12H19O2Si/c1-11(2)10-15(13-3,14-4)12-8-6-5-7-9-12/h5-9,11H,1,10H2,2-4H3. The van der Waals surface area contributed by atoms with Crippen LogP contribution in [0.3, 0.4) is 0 Å². The Morgan fingerprint density at radius 3 is 2.13 bits per heavy atom. The second kappa shape index (κ2) is 5.44. The van der Waals surface area contributed by atoms with Gasteiger partial charge in [-0.05, 0) is 17.1 Å². The first-order chi connectivity index (χ1) is 7.14. The summed E-state index contributed by atoms with van der Waals surface area (Å²) >= 11 is 0. The second-order valence-electron chi connectivity index (χ2n) is 3.84. The van der Waals surface area contributed by atoms with Crippen molar-refractivity contribution in [3.05, 3.63) is 37.3 Å². The lowest BCUT2D eigenvalue weighted by atomic mass is 10.3. The Morgan fingerprint density at radius 1 is 1.20 bits per heavy atom. The molecule has 0 fully saturated rings. The highest BCUT2D eigenvalue weighted by atomic mass is 28.4. The fraction of sp³-hybridized carbons (Fsp3) is 0.417. The van der Waals surface area contributed by atoms with Crippen LogP contribution in [-0.4, -0.2) is 22.8 Å². The molecule has 0 heterocycles. The van der Waals surface area contributed by atoms with Gasteiger partial charge in [-0.1, -0.05) is 44.2 Å². The van der Waals surface area contributed by atoms with Crippen LogP contribution in [0.15, 0.2) is 30.3 Å². The largest absolute Gasteiger partial charge is 0.394 e. The predicted molar refractivity (Wildman–Crippen MR) is 65.2 cm³/mol. The van der Waals surface area contributed by atoms with Crippen LogP contribution < -0.4 is 5.19 Å². The number of benzene rings is 1. The SMILES string of the molecule is [CH2]C(C)C[Si](OC)(OC)c1ccccc1. The average molecular weight is 223 g/mol. The molecule has 1 unspecified atom stereocenters. The Bertz CT molecular complexity index is 281. The highest BCUT2D eigenvalue weighted by molar-refractivity contribution is 6.81. The molecule has 0 N–H and O–H groups in total. The molecule has 15 heavy (non-hydrogen) atoms. The van der Waals surface area contributed by atoms with Gasteiger partial charge in [0.2, 0.25) is 0 Å². The van der Waals surface area contributed by atoms with Crippen molar-refractivity contribution in [2.45, 2.75) is 13.0 Å². The third-order valence-corrected chi connectivity index (χ3v) is 6.26. The minimum absolute atomic E-state index is 0.330. The Balaban J connectivity index is 3.00. The van der Waals surface area contributed by atoms with Crippen molar-refractivity contribution in [1.82, 2.24) is 0 Å². The van der Waals surface area contributed by atoms with Crippen molar-refractivity contribution in [1.29, 1.82) is 0 Å². The average Bonchev–Trinajstić information content (AvgIpc) is 2.27. The minimum Gasteiger partial charge on any atom is -0.394 e. The summed E-state index contributed by atoms with van der Waals surface area (Å²) in [4.78, 5) is 0. The van der Waals surface area contributed by atoms with Crippen molar-refractivity contribution in [2.24, 2.45) is 5.92 Å². The molecule has 0 spiro atoms. The molecule has 0 aromatic heterocycles. The molecule has 1 aromatic rings. The van der Waals surface area contributed by atoms with Crippen molar-refractivity contribution < 1.29 is 8.85 Å². The van der Waals surface area contributed by atoms with Gasteiger partial charge in [-0.3, -0.25) is 0 Å². The van der Waals surface area contributed by atoms with E-state index in [4.69, 9.17) is 8.85 Å². The maximum absolute atomic E-state index is 5.66. The third kappa shape index (κ3) is 2.90. The fourth-order valence-electron chi connectivity index (χ4n) is 1.75. The van der Waals surface area contributed by atoms with Gasteiger partial charge < -0.3 is 8.85 Å². The minimum atomic E-state index is -2.25. The number of rotatable bonds is 5. The van der Waals surface area contributed by atoms with Crippen LogP contribution in [0.5, 0.6) is 0 Å². The molecule has 1 aromatic carbocycles.